The van der Waals surface area contributed by atoms with E-state index in [0.29, 0.717) is 0 Å². The molecule has 0 radical (unpaired) electrons. The second-order valence-corrected chi connectivity index (χ2v) is 5.56. The highest BCUT2D eigenvalue weighted by Gasteiger charge is 2.14. The van der Waals surface area contributed by atoms with Crippen LogP contribution in [0.2, 0.25) is 0 Å². The van der Waals surface area contributed by atoms with E-state index in [-0.39, 0.29) is 11.9 Å². The first-order valence-corrected chi connectivity index (χ1v) is 6.68. The molecule has 94 valence electrons. The maximum atomic E-state index is 12.1. The van der Waals surface area contributed by atoms with E-state index < -0.39 is 0 Å². The van der Waals surface area contributed by atoms with Gasteiger partial charge in [0.1, 0.15) is 0 Å². The molecule has 0 bridgehead atoms. The number of nitrogens with one attached hydrogen (secondary N) is 1. The van der Waals surface area contributed by atoms with Gasteiger partial charge in [-0.25, -0.2) is 0 Å². The number of hydrogen-bond acceptors (Lipinski definition) is 3. The van der Waals surface area contributed by atoms with Crippen LogP contribution >= 0.6 is 11.3 Å². The Morgan fingerprint density at radius 2 is 2.17 bits per heavy atom. The van der Waals surface area contributed by atoms with Gasteiger partial charge in [-0.1, -0.05) is 6.07 Å². The predicted molar refractivity (Wildman–Crippen MR) is 73.9 cm³/mol. The molecule has 0 saturated heterocycles. The molecule has 1 N–H and O–H groups in total. The number of nitrogens with zero attached hydrogens (tertiary/aromatic N) is 1. The Balaban J connectivity index is 2.08. The van der Waals surface area contributed by atoms with Crippen molar-refractivity contribution in [1.82, 2.24) is 10.3 Å². The maximum Gasteiger partial charge on any atom is 0.261 e. The van der Waals surface area contributed by atoms with Crippen molar-refractivity contribution in [2.75, 3.05) is 0 Å². The first kappa shape index (κ1) is 12.8. The zero-order valence-corrected chi connectivity index (χ0v) is 11.5. The van der Waals surface area contributed by atoms with Gasteiger partial charge in [0, 0.05) is 11.1 Å². The third-order valence-corrected chi connectivity index (χ3v) is 4.02. The zero-order valence-electron chi connectivity index (χ0n) is 10.7. The Bertz CT molecular complexity index is 529. The predicted octanol–water partition coefficient (Wildman–Crippen LogP) is 3.25. The van der Waals surface area contributed by atoms with Gasteiger partial charge < -0.3 is 5.32 Å². The Morgan fingerprint density at radius 3 is 2.72 bits per heavy atom. The normalized spacial score (nSPS) is 12.2. The summed E-state index contributed by atoms with van der Waals surface area (Å²) in [7, 11) is 0. The minimum atomic E-state index is -0.0820. The molecular formula is C14H16N2OS. The molecule has 2 aromatic rings. The monoisotopic (exact) mass is 260 g/mol. The van der Waals surface area contributed by atoms with Crippen LogP contribution in [0, 0.1) is 13.8 Å². The lowest BCUT2D eigenvalue weighted by Gasteiger charge is -2.12. The third-order valence-electron chi connectivity index (χ3n) is 2.87. The van der Waals surface area contributed by atoms with Crippen LogP contribution in [0.3, 0.4) is 0 Å². The molecule has 0 fully saturated rings. The SMILES string of the molecule is Cc1cc(C(=O)NC(C)c2ccccn2)sc1C. The van der Waals surface area contributed by atoms with E-state index in [1.807, 2.05) is 45.0 Å². The number of pyridine rings is 1. The largest absolute Gasteiger partial charge is 0.343 e. The first-order chi connectivity index (χ1) is 8.58. The molecule has 4 heteroatoms. The molecule has 0 saturated carbocycles. The highest BCUT2D eigenvalue weighted by atomic mass is 32.1. The Labute approximate surface area is 111 Å². The summed E-state index contributed by atoms with van der Waals surface area (Å²) in [6.07, 6.45) is 1.73. The Hall–Kier alpha value is -1.68. The van der Waals surface area contributed by atoms with Crippen LogP contribution in [0.5, 0.6) is 0 Å². The van der Waals surface area contributed by atoms with Gasteiger partial charge >= 0.3 is 0 Å². The number of amides is 1. The number of rotatable bonds is 3. The summed E-state index contributed by atoms with van der Waals surface area (Å²) in [4.78, 5) is 18.2. The highest BCUT2D eigenvalue weighted by Crippen LogP contribution is 2.21. The number of carbonyl (C=O) groups is 1. The van der Waals surface area contributed by atoms with Crippen molar-refractivity contribution in [3.05, 3.63) is 51.5 Å². The van der Waals surface area contributed by atoms with Gasteiger partial charge in [-0.3, -0.25) is 9.78 Å². The summed E-state index contributed by atoms with van der Waals surface area (Å²) in [5.41, 5.74) is 2.03. The highest BCUT2D eigenvalue weighted by molar-refractivity contribution is 7.14. The molecule has 0 aliphatic heterocycles. The van der Waals surface area contributed by atoms with Gasteiger partial charge in [0.2, 0.25) is 0 Å². The molecule has 2 aromatic heterocycles. The van der Waals surface area contributed by atoms with Gasteiger partial charge in [0.15, 0.2) is 0 Å². The quantitative estimate of drug-likeness (QED) is 0.920. The topological polar surface area (TPSA) is 42.0 Å². The van der Waals surface area contributed by atoms with Gasteiger partial charge in [-0.05, 0) is 44.5 Å². The second kappa shape index (κ2) is 5.31. The van der Waals surface area contributed by atoms with Crippen molar-refractivity contribution in [2.45, 2.75) is 26.8 Å². The maximum absolute atomic E-state index is 12.1. The number of hydrogen-bond donors (Lipinski definition) is 1. The zero-order chi connectivity index (χ0) is 13.1. The van der Waals surface area contributed by atoms with Crippen molar-refractivity contribution < 1.29 is 4.79 Å². The van der Waals surface area contributed by atoms with E-state index in [1.54, 1.807) is 6.20 Å². The van der Waals surface area contributed by atoms with E-state index in [0.717, 1.165) is 16.1 Å². The third kappa shape index (κ3) is 2.76. The van der Waals surface area contributed by atoms with Crippen molar-refractivity contribution in [1.29, 1.82) is 0 Å². The summed E-state index contributed by atoms with van der Waals surface area (Å²) >= 11 is 1.53. The summed E-state index contributed by atoms with van der Waals surface area (Å²) < 4.78 is 0. The van der Waals surface area contributed by atoms with Gasteiger partial charge in [0.05, 0.1) is 16.6 Å². The molecule has 3 nitrogen and oxygen atoms in total. The van der Waals surface area contributed by atoms with Crippen molar-refractivity contribution in [3.8, 4) is 0 Å². The van der Waals surface area contributed by atoms with Crippen molar-refractivity contribution in [2.24, 2.45) is 0 Å². The summed E-state index contributed by atoms with van der Waals surface area (Å²) in [6.45, 7) is 5.98. The lowest BCUT2D eigenvalue weighted by molar-refractivity contribution is 0.0943. The molecular weight excluding hydrogens is 244 g/mol. The van der Waals surface area contributed by atoms with E-state index in [4.69, 9.17) is 0 Å². The second-order valence-electron chi connectivity index (χ2n) is 4.30. The fraction of sp³-hybridized carbons (Fsp3) is 0.286. The molecule has 0 aromatic carbocycles. The molecule has 2 heterocycles. The standard InChI is InChI=1S/C14H16N2OS/c1-9-8-13(18-11(9)3)14(17)16-10(2)12-6-4-5-7-15-12/h4-8,10H,1-3H3,(H,16,17). The molecule has 2 rings (SSSR count). The van der Waals surface area contributed by atoms with Crippen molar-refractivity contribution >= 4 is 17.2 Å². The molecule has 0 aliphatic rings. The fourth-order valence-electron chi connectivity index (χ4n) is 1.66. The van der Waals surface area contributed by atoms with Crippen LogP contribution in [-0.4, -0.2) is 10.9 Å². The van der Waals surface area contributed by atoms with Gasteiger partial charge in [0.25, 0.3) is 5.91 Å². The van der Waals surface area contributed by atoms with Gasteiger partial charge in [-0.15, -0.1) is 11.3 Å². The lowest BCUT2D eigenvalue weighted by atomic mass is 10.2. The van der Waals surface area contributed by atoms with Crippen LogP contribution in [0.4, 0.5) is 0 Å². The average molecular weight is 260 g/mol. The van der Waals surface area contributed by atoms with E-state index in [2.05, 4.69) is 10.3 Å². The molecule has 1 atom stereocenters. The van der Waals surface area contributed by atoms with Crippen molar-refractivity contribution in [3.63, 3.8) is 0 Å². The summed E-state index contributed by atoms with van der Waals surface area (Å²) in [5, 5.41) is 2.96. The summed E-state index contributed by atoms with van der Waals surface area (Å²) in [6, 6.07) is 7.55. The molecule has 0 spiro atoms. The summed E-state index contributed by atoms with van der Waals surface area (Å²) in [5.74, 6) is -0.0330. The van der Waals surface area contributed by atoms with E-state index in [1.165, 1.54) is 16.2 Å². The fourth-order valence-corrected chi connectivity index (χ4v) is 2.60. The molecule has 0 aliphatic carbocycles. The first-order valence-electron chi connectivity index (χ1n) is 5.86. The molecule has 18 heavy (non-hydrogen) atoms. The van der Waals surface area contributed by atoms with Crippen LogP contribution in [0.25, 0.3) is 0 Å². The van der Waals surface area contributed by atoms with Gasteiger partial charge in [-0.2, -0.15) is 0 Å². The average Bonchev–Trinajstić information content (AvgIpc) is 2.71. The van der Waals surface area contributed by atoms with Crippen LogP contribution in [0.15, 0.2) is 30.5 Å². The number of aryl methyl sites for hydroxylation is 2. The number of thiophene rings is 1. The van der Waals surface area contributed by atoms with Crippen LogP contribution < -0.4 is 5.32 Å². The number of aromatic nitrogens is 1. The van der Waals surface area contributed by atoms with Crippen LogP contribution in [-0.2, 0) is 0 Å². The lowest BCUT2D eigenvalue weighted by Crippen LogP contribution is -2.26. The van der Waals surface area contributed by atoms with E-state index >= 15 is 0 Å². The van der Waals surface area contributed by atoms with E-state index in [9.17, 15) is 4.79 Å². The Morgan fingerprint density at radius 1 is 1.39 bits per heavy atom. The molecule has 1 unspecified atom stereocenters. The van der Waals surface area contributed by atoms with Crippen LogP contribution in [0.1, 0.15) is 38.8 Å². The molecule has 1 amide bonds. The number of carbonyl (C=O) groups excluding carboxylic acids is 1. The Kier molecular flexibility index (Phi) is 3.77. The minimum absolute atomic E-state index is 0.0330. The smallest absolute Gasteiger partial charge is 0.261 e. The minimum Gasteiger partial charge on any atom is -0.343 e.